The molecule has 0 radical (unpaired) electrons. The van der Waals surface area contributed by atoms with Crippen LogP contribution in [-0.4, -0.2) is 58.6 Å². The summed E-state index contributed by atoms with van der Waals surface area (Å²) in [5, 5.41) is 20.7. The van der Waals surface area contributed by atoms with Crippen LogP contribution >= 0.6 is 0 Å². The number of fused-ring (bicyclic) bond motifs is 1. The van der Waals surface area contributed by atoms with E-state index < -0.39 is 11.9 Å². The van der Waals surface area contributed by atoms with Gasteiger partial charge in [-0.3, -0.25) is 4.90 Å². The fraction of sp³-hybridized carbons (Fsp3) is 0.464. The summed E-state index contributed by atoms with van der Waals surface area (Å²) in [6.07, 6.45) is 3.90. The predicted molar refractivity (Wildman–Crippen MR) is 143 cm³/mol. The second-order valence-corrected chi connectivity index (χ2v) is 9.85. The summed E-state index contributed by atoms with van der Waals surface area (Å²) in [5.74, 6) is -2.20. The minimum atomic E-state index is -2.42. The van der Waals surface area contributed by atoms with Gasteiger partial charge in [0.25, 0.3) is 0 Å². The van der Waals surface area contributed by atoms with Gasteiger partial charge in [0.1, 0.15) is 18.1 Å². The summed E-state index contributed by atoms with van der Waals surface area (Å²) >= 11 is 0. The zero-order chi connectivity index (χ0) is 26.6. The van der Waals surface area contributed by atoms with Crippen molar-refractivity contribution in [2.24, 2.45) is 5.41 Å². The minimum absolute atomic E-state index is 0. The molecule has 38 heavy (non-hydrogen) atoms. The largest absolute Gasteiger partial charge is 0.496 e. The van der Waals surface area contributed by atoms with Gasteiger partial charge in [-0.25, -0.2) is 18.6 Å². The summed E-state index contributed by atoms with van der Waals surface area (Å²) in [7, 11) is 1.71. The van der Waals surface area contributed by atoms with Crippen LogP contribution in [0.5, 0.6) is 5.75 Å². The molecule has 0 amide bonds. The number of piperidine rings is 1. The van der Waals surface area contributed by atoms with E-state index in [0.29, 0.717) is 5.82 Å². The standard InChI is InChI=1S/C19H24F2N2O.C8H7N3O2.CH4/c1-13-9-16(24-2)15(14-3-6-22-17(13)14)10-23-7-4-18(5-8-23)11-19(20,21)12-18;9-4-5-10-7-3-1-2-6(11-7)8(12)13;/h3,6,9,22H,4-5,7-8,10-12H2,1-2H3;1-3H,5H2,(H,10,11)(H,12,13);1H4. The topological polar surface area (TPSA) is 114 Å². The lowest BCUT2D eigenvalue weighted by molar-refractivity contribution is -0.178. The second-order valence-electron chi connectivity index (χ2n) is 9.85. The van der Waals surface area contributed by atoms with Crippen molar-refractivity contribution in [1.29, 1.82) is 5.26 Å². The monoisotopic (exact) mass is 527 g/mol. The molecule has 1 aliphatic heterocycles. The van der Waals surface area contributed by atoms with Crippen molar-refractivity contribution in [2.75, 3.05) is 32.1 Å². The Morgan fingerprint density at radius 3 is 2.61 bits per heavy atom. The first-order valence-electron chi connectivity index (χ1n) is 12.2. The highest BCUT2D eigenvalue weighted by molar-refractivity contribution is 5.88. The third-order valence-electron chi connectivity index (χ3n) is 7.21. The van der Waals surface area contributed by atoms with Gasteiger partial charge in [-0.15, -0.1) is 0 Å². The number of ether oxygens (including phenoxy) is 1. The molecule has 0 bridgehead atoms. The lowest BCUT2D eigenvalue weighted by Crippen LogP contribution is -2.52. The van der Waals surface area contributed by atoms with Crippen LogP contribution < -0.4 is 10.1 Å². The number of carboxylic acids is 1. The summed E-state index contributed by atoms with van der Waals surface area (Å²) in [6, 6.07) is 10.6. The van der Waals surface area contributed by atoms with E-state index in [1.807, 2.05) is 12.3 Å². The highest BCUT2D eigenvalue weighted by Crippen LogP contribution is 2.57. The fourth-order valence-electron chi connectivity index (χ4n) is 5.37. The maximum atomic E-state index is 13.3. The Morgan fingerprint density at radius 2 is 2.00 bits per heavy atom. The molecule has 2 aliphatic rings. The number of benzene rings is 1. The second kappa shape index (κ2) is 11.8. The molecule has 204 valence electrons. The maximum absolute atomic E-state index is 13.3. The van der Waals surface area contributed by atoms with Crippen LogP contribution in [0.4, 0.5) is 14.6 Å². The first kappa shape index (κ1) is 28.9. The number of nitriles is 1. The van der Waals surface area contributed by atoms with Crippen molar-refractivity contribution in [2.45, 2.75) is 52.5 Å². The first-order valence-corrected chi connectivity index (χ1v) is 12.2. The number of aryl methyl sites for hydroxylation is 1. The normalized spacial score (nSPS) is 17.3. The number of aromatic nitrogens is 2. The Balaban J connectivity index is 0.000000245. The molecule has 0 atom stereocenters. The number of carboxylic acid groups (broad SMARTS) is 1. The molecule has 3 N–H and O–H groups in total. The molecule has 1 saturated heterocycles. The van der Waals surface area contributed by atoms with Crippen molar-refractivity contribution in [3.63, 3.8) is 0 Å². The molecule has 3 heterocycles. The van der Waals surface area contributed by atoms with Crippen LogP contribution in [0.15, 0.2) is 36.5 Å². The van der Waals surface area contributed by atoms with Gasteiger partial charge < -0.3 is 20.1 Å². The molecule has 8 nitrogen and oxygen atoms in total. The highest BCUT2D eigenvalue weighted by atomic mass is 19.3. The Kier molecular flexibility index (Phi) is 8.94. The Hall–Kier alpha value is -3.71. The van der Waals surface area contributed by atoms with Gasteiger partial charge >= 0.3 is 5.97 Å². The summed E-state index contributed by atoms with van der Waals surface area (Å²) < 4.78 is 32.1. The Morgan fingerprint density at radius 1 is 1.29 bits per heavy atom. The molecular weight excluding hydrogens is 492 g/mol. The van der Waals surface area contributed by atoms with E-state index >= 15 is 0 Å². The Bertz CT molecular complexity index is 1300. The average molecular weight is 528 g/mol. The number of likely N-dealkylation sites (tertiary alicyclic amines) is 1. The van der Waals surface area contributed by atoms with Gasteiger partial charge in [-0.2, -0.15) is 5.26 Å². The van der Waals surface area contributed by atoms with E-state index in [4.69, 9.17) is 15.1 Å². The van der Waals surface area contributed by atoms with E-state index in [-0.39, 0.29) is 37.9 Å². The number of anilines is 1. The van der Waals surface area contributed by atoms with Crippen LogP contribution in [0, 0.1) is 23.7 Å². The number of H-pyrrole nitrogens is 1. The number of hydrogen-bond acceptors (Lipinski definition) is 6. The molecule has 5 rings (SSSR count). The third kappa shape index (κ3) is 6.40. The number of methoxy groups -OCH3 is 1. The van der Waals surface area contributed by atoms with Crippen molar-refractivity contribution >= 4 is 22.7 Å². The van der Waals surface area contributed by atoms with Crippen LogP contribution in [0.1, 0.15) is 54.7 Å². The molecular formula is C28H35F2N5O3. The predicted octanol–water partition coefficient (Wildman–Crippen LogP) is 5.85. The van der Waals surface area contributed by atoms with Gasteiger partial charge in [-0.05, 0) is 68.1 Å². The molecule has 10 heteroatoms. The molecule has 1 spiro atoms. The highest BCUT2D eigenvalue weighted by Gasteiger charge is 2.56. The van der Waals surface area contributed by atoms with Crippen molar-refractivity contribution in [3.8, 4) is 11.8 Å². The van der Waals surface area contributed by atoms with Crippen LogP contribution in [-0.2, 0) is 6.54 Å². The SMILES string of the molecule is C.COc1cc(C)c2[nH]ccc2c1CN1CCC2(CC1)CC(F)(F)C2.N#CCNc1cccc(C(=O)O)n1. The zero-order valence-corrected chi connectivity index (χ0v) is 21.0. The number of nitrogens with zero attached hydrogens (tertiary/aromatic N) is 3. The molecule has 3 aromatic rings. The summed E-state index contributed by atoms with van der Waals surface area (Å²) in [5.41, 5.74) is 3.38. The van der Waals surface area contributed by atoms with Gasteiger partial charge in [0.15, 0.2) is 5.69 Å². The van der Waals surface area contributed by atoms with Crippen LogP contribution in [0.3, 0.4) is 0 Å². The van der Waals surface area contributed by atoms with Crippen LogP contribution in [0.2, 0.25) is 0 Å². The molecule has 2 aromatic heterocycles. The number of nitrogens with one attached hydrogen (secondary N) is 2. The van der Waals surface area contributed by atoms with E-state index in [1.165, 1.54) is 22.6 Å². The number of aromatic carboxylic acids is 1. The molecule has 1 saturated carbocycles. The van der Waals surface area contributed by atoms with Gasteiger partial charge in [-0.1, -0.05) is 13.5 Å². The zero-order valence-electron chi connectivity index (χ0n) is 21.0. The van der Waals surface area contributed by atoms with Gasteiger partial charge in [0.2, 0.25) is 5.92 Å². The lowest BCUT2D eigenvalue weighted by atomic mass is 9.61. The van der Waals surface area contributed by atoms with E-state index in [2.05, 4.69) is 39.2 Å². The van der Waals surface area contributed by atoms with Crippen LogP contribution in [0.25, 0.3) is 10.9 Å². The Labute approximate surface area is 221 Å². The number of pyridine rings is 1. The van der Waals surface area contributed by atoms with E-state index in [9.17, 15) is 13.6 Å². The molecule has 1 aromatic carbocycles. The first-order chi connectivity index (χ1) is 17.6. The maximum Gasteiger partial charge on any atom is 0.354 e. The van der Waals surface area contributed by atoms with Gasteiger partial charge in [0.05, 0.1) is 13.2 Å². The van der Waals surface area contributed by atoms with Crippen molar-refractivity contribution in [1.82, 2.24) is 14.9 Å². The average Bonchev–Trinajstić information content (AvgIpc) is 3.36. The summed E-state index contributed by atoms with van der Waals surface area (Å²) in [6.45, 7) is 4.77. The number of halogens is 2. The third-order valence-corrected chi connectivity index (χ3v) is 7.21. The molecule has 0 unspecified atom stereocenters. The van der Waals surface area contributed by atoms with E-state index in [1.54, 1.807) is 19.2 Å². The fourth-order valence-corrected chi connectivity index (χ4v) is 5.37. The number of hydrogen-bond donors (Lipinski definition) is 3. The van der Waals surface area contributed by atoms with Crippen molar-refractivity contribution < 1.29 is 23.4 Å². The number of aromatic amines is 1. The molecule has 1 aliphatic carbocycles. The number of alkyl halides is 2. The van der Waals surface area contributed by atoms with Crippen molar-refractivity contribution in [3.05, 3.63) is 53.3 Å². The lowest BCUT2D eigenvalue weighted by Gasteiger charge is -2.51. The number of carbonyl (C=O) groups is 1. The molecule has 2 fully saturated rings. The van der Waals surface area contributed by atoms with Gasteiger partial charge in [0, 0.05) is 42.0 Å². The number of rotatable bonds is 6. The minimum Gasteiger partial charge on any atom is -0.496 e. The quantitative estimate of drug-likeness (QED) is 0.345. The smallest absolute Gasteiger partial charge is 0.354 e. The van der Waals surface area contributed by atoms with E-state index in [0.717, 1.165) is 43.7 Å². The summed E-state index contributed by atoms with van der Waals surface area (Å²) in [4.78, 5) is 19.9.